The number of benzene rings is 2. The molecular weight excluding hydrogens is 475 g/mol. The fourth-order valence-corrected chi connectivity index (χ4v) is 4.24. The molecule has 0 bridgehead atoms. The third-order valence-corrected chi connectivity index (χ3v) is 6.22. The predicted octanol–water partition coefficient (Wildman–Crippen LogP) is 5.22. The zero-order valence-electron chi connectivity index (χ0n) is 18.8. The molecule has 2 aromatic carbocycles. The summed E-state index contributed by atoms with van der Waals surface area (Å²) in [4.78, 5) is 44.6. The quantitative estimate of drug-likeness (QED) is 0.272. The van der Waals surface area contributed by atoms with Gasteiger partial charge >= 0.3 is 13.7 Å². The van der Waals surface area contributed by atoms with E-state index in [9.17, 15) is 23.9 Å². The van der Waals surface area contributed by atoms with Crippen molar-refractivity contribution in [2.45, 2.75) is 26.4 Å². The Kier molecular flexibility index (Phi) is 7.74. The number of thiophene rings is 1. The van der Waals surface area contributed by atoms with Crippen LogP contribution in [0.15, 0.2) is 66.1 Å². The molecule has 8 nitrogen and oxygen atoms in total. The fraction of sp³-hybridized carbons (Fsp3) is 0.167. The molecule has 0 atom stereocenters. The fourth-order valence-electron chi connectivity index (χ4n) is 2.92. The predicted molar refractivity (Wildman–Crippen MR) is 135 cm³/mol. The van der Waals surface area contributed by atoms with Gasteiger partial charge in [-0.2, -0.15) is 0 Å². The van der Waals surface area contributed by atoms with Crippen LogP contribution < -0.4 is 15.9 Å². The number of hydrogen-bond donors (Lipinski definition) is 4. The Balaban J connectivity index is 1.83. The molecule has 0 aliphatic heterocycles. The van der Waals surface area contributed by atoms with Crippen LogP contribution in [-0.2, 0) is 14.1 Å². The van der Waals surface area contributed by atoms with Crippen molar-refractivity contribution in [1.29, 1.82) is 0 Å². The van der Waals surface area contributed by atoms with Crippen molar-refractivity contribution in [2.75, 3.05) is 10.6 Å². The Bertz CT molecular complexity index is 1260. The lowest BCUT2D eigenvalue weighted by atomic mass is 10.1. The van der Waals surface area contributed by atoms with Crippen LogP contribution in [0.4, 0.5) is 16.2 Å². The van der Waals surface area contributed by atoms with E-state index in [-0.39, 0.29) is 5.30 Å². The number of anilines is 2. The molecule has 0 aliphatic carbocycles. The minimum Gasteiger partial charge on any atom is -0.444 e. The largest absolute Gasteiger partial charge is 0.444 e. The lowest BCUT2D eigenvalue weighted by molar-refractivity contribution is -0.111. The molecular formula is C24H25N2O6PS. The first-order chi connectivity index (χ1) is 15.9. The smallest absolute Gasteiger partial charge is 0.412 e. The molecule has 1 heterocycles. The summed E-state index contributed by atoms with van der Waals surface area (Å²) in [5.74, 6) is -0.489. The van der Waals surface area contributed by atoms with Crippen molar-refractivity contribution in [3.8, 4) is 10.4 Å². The number of nitrogens with one attached hydrogen (secondary N) is 2. The van der Waals surface area contributed by atoms with Gasteiger partial charge in [-0.1, -0.05) is 24.3 Å². The van der Waals surface area contributed by atoms with Gasteiger partial charge in [-0.3, -0.25) is 14.7 Å². The lowest BCUT2D eigenvalue weighted by Gasteiger charge is -2.20. The van der Waals surface area contributed by atoms with Gasteiger partial charge in [-0.25, -0.2) is 4.79 Å². The standard InChI is InChI=1S/C24H25N2O6PS/c1-24(2,3)32-23(28)26-19-11-10-17(21-8-5-13-34-21)15-20(19)25-22(27)12-9-16-6-4-7-18(14-16)33(29,30)31/h4-15H,1-3H3,(H,25,27)(H,26,28)(H2,29,30,31). The molecule has 0 fully saturated rings. The molecule has 3 rings (SSSR count). The van der Waals surface area contributed by atoms with Gasteiger partial charge in [0.1, 0.15) is 5.60 Å². The topological polar surface area (TPSA) is 125 Å². The summed E-state index contributed by atoms with van der Waals surface area (Å²) in [5, 5.41) is 7.21. The van der Waals surface area contributed by atoms with Crippen LogP contribution in [0.1, 0.15) is 26.3 Å². The van der Waals surface area contributed by atoms with E-state index in [0.717, 1.165) is 10.4 Å². The molecule has 0 radical (unpaired) electrons. The highest BCUT2D eigenvalue weighted by atomic mass is 32.1. The van der Waals surface area contributed by atoms with Gasteiger partial charge in [-0.15, -0.1) is 11.3 Å². The number of carbonyl (C=O) groups excluding carboxylic acids is 2. The molecule has 3 aromatic rings. The SMILES string of the molecule is CC(C)(C)OC(=O)Nc1ccc(-c2cccs2)cc1NC(=O)C=Cc1cccc(P(=O)(O)O)c1. The van der Waals surface area contributed by atoms with Crippen molar-refractivity contribution in [1.82, 2.24) is 0 Å². The first-order valence-corrected chi connectivity index (χ1v) is 12.7. The maximum Gasteiger partial charge on any atom is 0.412 e. The first kappa shape index (κ1) is 25.4. The summed E-state index contributed by atoms with van der Waals surface area (Å²) >= 11 is 1.54. The number of amides is 2. The van der Waals surface area contributed by atoms with Crippen LogP contribution in [0.3, 0.4) is 0 Å². The van der Waals surface area contributed by atoms with E-state index in [0.29, 0.717) is 16.9 Å². The molecule has 0 unspecified atom stereocenters. The van der Waals surface area contributed by atoms with E-state index in [1.165, 1.54) is 41.7 Å². The Hall–Kier alpha value is -3.23. The first-order valence-electron chi connectivity index (χ1n) is 10.2. The van der Waals surface area contributed by atoms with Crippen LogP contribution in [0.5, 0.6) is 0 Å². The van der Waals surface area contributed by atoms with Crippen LogP contribution in [0.25, 0.3) is 16.5 Å². The minimum atomic E-state index is -4.40. The van der Waals surface area contributed by atoms with Crippen molar-refractivity contribution < 1.29 is 28.7 Å². The van der Waals surface area contributed by atoms with E-state index >= 15 is 0 Å². The van der Waals surface area contributed by atoms with E-state index in [2.05, 4.69) is 10.6 Å². The summed E-state index contributed by atoms with van der Waals surface area (Å²) in [6.45, 7) is 5.25. The van der Waals surface area contributed by atoms with Crippen molar-refractivity contribution in [3.05, 3.63) is 71.6 Å². The minimum absolute atomic E-state index is 0.137. The number of ether oxygens (including phenoxy) is 1. The normalized spacial score (nSPS) is 11.9. The highest BCUT2D eigenvalue weighted by Crippen LogP contribution is 2.33. The van der Waals surface area contributed by atoms with Crippen LogP contribution in [0, 0.1) is 0 Å². The molecule has 1 aromatic heterocycles. The molecule has 178 valence electrons. The van der Waals surface area contributed by atoms with Gasteiger partial charge in [0.05, 0.1) is 16.7 Å². The van der Waals surface area contributed by atoms with Crippen LogP contribution in [-0.4, -0.2) is 27.4 Å². The molecule has 4 N–H and O–H groups in total. The van der Waals surface area contributed by atoms with Crippen molar-refractivity contribution in [3.63, 3.8) is 0 Å². The summed E-state index contributed by atoms with van der Waals surface area (Å²) in [5.41, 5.74) is 1.36. The average Bonchev–Trinajstić information content (AvgIpc) is 3.27. The van der Waals surface area contributed by atoms with Gasteiger partial charge in [-0.05, 0) is 73.7 Å². The van der Waals surface area contributed by atoms with Crippen molar-refractivity contribution >= 4 is 53.7 Å². The van der Waals surface area contributed by atoms with Gasteiger partial charge in [0.2, 0.25) is 5.91 Å². The Labute approximate surface area is 201 Å². The van der Waals surface area contributed by atoms with Crippen LogP contribution in [0.2, 0.25) is 0 Å². The Morgan fingerprint density at radius 3 is 2.41 bits per heavy atom. The van der Waals surface area contributed by atoms with Gasteiger partial charge in [0.15, 0.2) is 0 Å². The molecule has 0 saturated carbocycles. The second kappa shape index (κ2) is 10.4. The van der Waals surface area contributed by atoms with E-state index in [1.807, 2.05) is 23.6 Å². The second-order valence-corrected chi connectivity index (χ2v) is 10.9. The molecule has 10 heteroatoms. The maximum absolute atomic E-state index is 12.6. The van der Waals surface area contributed by atoms with Gasteiger partial charge in [0.25, 0.3) is 0 Å². The third-order valence-electron chi connectivity index (χ3n) is 4.35. The van der Waals surface area contributed by atoms with E-state index in [1.54, 1.807) is 39.0 Å². The summed E-state index contributed by atoms with van der Waals surface area (Å²) in [7, 11) is -4.40. The van der Waals surface area contributed by atoms with Crippen molar-refractivity contribution in [2.24, 2.45) is 0 Å². The number of rotatable bonds is 6. The maximum atomic E-state index is 12.6. The van der Waals surface area contributed by atoms with Gasteiger partial charge < -0.3 is 19.8 Å². The second-order valence-electron chi connectivity index (χ2n) is 8.33. The van der Waals surface area contributed by atoms with Gasteiger partial charge in [0, 0.05) is 11.0 Å². The number of carbonyl (C=O) groups is 2. The summed E-state index contributed by atoms with van der Waals surface area (Å²) < 4.78 is 16.8. The third kappa shape index (κ3) is 7.40. The summed E-state index contributed by atoms with van der Waals surface area (Å²) in [6, 6.07) is 14.9. The Morgan fingerprint density at radius 1 is 1.00 bits per heavy atom. The monoisotopic (exact) mass is 500 g/mol. The van der Waals surface area contributed by atoms with E-state index < -0.39 is 25.2 Å². The summed E-state index contributed by atoms with van der Waals surface area (Å²) in [6.07, 6.45) is 2.03. The van der Waals surface area contributed by atoms with E-state index in [4.69, 9.17) is 4.74 Å². The molecule has 34 heavy (non-hydrogen) atoms. The molecule has 0 spiro atoms. The molecule has 0 aliphatic rings. The Morgan fingerprint density at radius 2 is 1.76 bits per heavy atom. The average molecular weight is 501 g/mol. The number of hydrogen-bond acceptors (Lipinski definition) is 5. The zero-order chi connectivity index (χ0) is 24.9. The molecule has 2 amide bonds. The highest BCUT2D eigenvalue weighted by molar-refractivity contribution is 7.60. The zero-order valence-corrected chi connectivity index (χ0v) is 20.5. The van der Waals surface area contributed by atoms with Crippen LogP contribution >= 0.6 is 18.9 Å². The highest BCUT2D eigenvalue weighted by Gasteiger charge is 2.19. The molecule has 0 saturated heterocycles. The lowest BCUT2D eigenvalue weighted by Crippen LogP contribution is -2.27.